The molecule has 0 aliphatic carbocycles. The van der Waals surface area contributed by atoms with E-state index >= 15 is 0 Å². The van der Waals surface area contributed by atoms with Crippen molar-refractivity contribution in [3.8, 4) is 17.0 Å². The molecular formula is C18H15F2N3O3S2. The summed E-state index contributed by atoms with van der Waals surface area (Å²) in [4.78, 5) is 29.7. The summed E-state index contributed by atoms with van der Waals surface area (Å²) in [6.07, 6.45) is 0. The fraction of sp³-hybridized carbons (Fsp3) is 0.167. The van der Waals surface area contributed by atoms with E-state index in [9.17, 15) is 18.4 Å². The summed E-state index contributed by atoms with van der Waals surface area (Å²) in [5.74, 6) is -0.773. The first-order valence-corrected chi connectivity index (χ1v) is 9.76. The fourth-order valence-electron chi connectivity index (χ4n) is 2.30. The maximum atomic E-state index is 12.5. The molecule has 0 spiro atoms. The number of alkyl halides is 2. The van der Waals surface area contributed by atoms with Gasteiger partial charge in [-0.05, 0) is 31.2 Å². The Morgan fingerprint density at radius 3 is 2.71 bits per heavy atom. The van der Waals surface area contributed by atoms with Crippen LogP contribution < -0.4 is 15.4 Å². The van der Waals surface area contributed by atoms with Crippen LogP contribution in [-0.4, -0.2) is 30.0 Å². The van der Waals surface area contributed by atoms with Gasteiger partial charge in [0.2, 0.25) is 5.91 Å². The summed E-state index contributed by atoms with van der Waals surface area (Å²) in [5.41, 5.74) is 0.788. The van der Waals surface area contributed by atoms with Gasteiger partial charge in [0.15, 0.2) is 5.13 Å². The molecule has 0 saturated carbocycles. The Morgan fingerprint density at radius 2 is 2.00 bits per heavy atom. The molecule has 1 aromatic carbocycles. The zero-order valence-electron chi connectivity index (χ0n) is 14.6. The third kappa shape index (κ3) is 5.11. The minimum Gasteiger partial charge on any atom is -0.434 e. The second-order valence-corrected chi connectivity index (χ2v) is 7.70. The summed E-state index contributed by atoms with van der Waals surface area (Å²) >= 11 is 2.48. The van der Waals surface area contributed by atoms with Crippen molar-refractivity contribution in [1.29, 1.82) is 0 Å². The molecule has 10 heteroatoms. The number of rotatable bonds is 7. The highest BCUT2D eigenvalue weighted by molar-refractivity contribution is 7.14. The van der Waals surface area contributed by atoms with E-state index in [1.165, 1.54) is 17.4 Å². The Bertz CT molecular complexity index is 988. The van der Waals surface area contributed by atoms with Crippen molar-refractivity contribution in [2.75, 3.05) is 11.9 Å². The van der Waals surface area contributed by atoms with Crippen molar-refractivity contribution in [1.82, 2.24) is 10.3 Å². The molecule has 0 fully saturated rings. The molecule has 0 unspecified atom stereocenters. The van der Waals surface area contributed by atoms with Crippen molar-refractivity contribution in [2.45, 2.75) is 13.5 Å². The molecule has 146 valence electrons. The first kappa shape index (κ1) is 19.9. The van der Waals surface area contributed by atoms with Gasteiger partial charge < -0.3 is 15.4 Å². The number of para-hydroxylation sites is 1. The Kier molecular flexibility index (Phi) is 6.32. The quantitative estimate of drug-likeness (QED) is 0.598. The number of aryl methyl sites for hydroxylation is 1. The van der Waals surface area contributed by atoms with Crippen LogP contribution in [0.15, 0.2) is 41.8 Å². The highest BCUT2D eigenvalue weighted by Gasteiger charge is 2.15. The largest absolute Gasteiger partial charge is 0.434 e. The minimum atomic E-state index is -2.95. The van der Waals surface area contributed by atoms with Crippen LogP contribution in [0.2, 0.25) is 0 Å². The lowest BCUT2D eigenvalue weighted by Gasteiger charge is -2.08. The summed E-state index contributed by atoms with van der Waals surface area (Å²) in [5, 5.41) is 7.01. The number of hydrogen-bond acceptors (Lipinski definition) is 6. The second kappa shape index (κ2) is 8.89. The lowest BCUT2D eigenvalue weighted by molar-refractivity contribution is -0.115. The number of carbonyl (C=O) groups excluding carboxylic acids is 2. The number of thiazole rings is 1. The summed E-state index contributed by atoms with van der Waals surface area (Å²) in [6, 6.07) is 9.79. The number of thiophene rings is 1. The number of amides is 2. The predicted molar refractivity (Wildman–Crippen MR) is 104 cm³/mol. The molecule has 2 aromatic heterocycles. The Morgan fingerprint density at radius 1 is 1.21 bits per heavy atom. The highest BCUT2D eigenvalue weighted by atomic mass is 32.1. The number of carbonyl (C=O) groups is 2. The van der Waals surface area contributed by atoms with Crippen molar-refractivity contribution in [3.63, 3.8) is 0 Å². The number of nitrogens with zero attached hydrogens (tertiary/aromatic N) is 1. The zero-order chi connectivity index (χ0) is 20.1. The van der Waals surface area contributed by atoms with Crippen molar-refractivity contribution >= 4 is 39.6 Å². The number of hydrogen-bond donors (Lipinski definition) is 2. The van der Waals surface area contributed by atoms with Gasteiger partial charge in [-0.15, -0.1) is 22.7 Å². The van der Waals surface area contributed by atoms with Crippen LogP contribution in [0.3, 0.4) is 0 Å². The van der Waals surface area contributed by atoms with E-state index in [4.69, 9.17) is 0 Å². The zero-order valence-corrected chi connectivity index (χ0v) is 16.2. The van der Waals surface area contributed by atoms with Crippen LogP contribution in [-0.2, 0) is 4.79 Å². The molecule has 0 saturated heterocycles. The predicted octanol–water partition coefficient (Wildman–Crippen LogP) is 4.15. The van der Waals surface area contributed by atoms with E-state index in [2.05, 4.69) is 20.4 Å². The normalized spacial score (nSPS) is 10.7. The van der Waals surface area contributed by atoms with Gasteiger partial charge in [0, 0.05) is 15.8 Å². The van der Waals surface area contributed by atoms with E-state index in [0.29, 0.717) is 16.1 Å². The summed E-state index contributed by atoms with van der Waals surface area (Å²) < 4.78 is 29.6. The van der Waals surface area contributed by atoms with Gasteiger partial charge >= 0.3 is 6.61 Å². The number of ether oxygens (including phenoxy) is 1. The van der Waals surface area contributed by atoms with E-state index in [0.717, 1.165) is 16.2 Å². The summed E-state index contributed by atoms with van der Waals surface area (Å²) in [7, 11) is 0. The maximum absolute atomic E-state index is 12.5. The van der Waals surface area contributed by atoms with Crippen LogP contribution in [0.5, 0.6) is 5.75 Å². The van der Waals surface area contributed by atoms with Crippen LogP contribution in [0.1, 0.15) is 14.5 Å². The van der Waals surface area contributed by atoms with Crippen LogP contribution in [0.25, 0.3) is 11.3 Å². The summed E-state index contributed by atoms with van der Waals surface area (Å²) in [6.45, 7) is -1.27. The smallest absolute Gasteiger partial charge is 0.387 e. The van der Waals surface area contributed by atoms with Crippen molar-refractivity contribution in [2.24, 2.45) is 0 Å². The third-order valence-corrected chi connectivity index (χ3v) is 5.26. The van der Waals surface area contributed by atoms with Crippen molar-refractivity contribution < 1.29 is 23.1 Å². The molecule has 0 aliphatic rings. The molecule has 28 heavy (non-hydrogen) atoms. The molecule has 0 atom stereocenters. The fourth-order valence-corrected chi connectivity index (χ4v) is 3.81. The molecule has 0 bridgehead atoms. The number of benzene rings is 1. The van der Waals surface area contributed by atoms with Gasteiger partial charge in [-0.2, -0.15) is 8.78 Å². The molecule has 2 N–H and O–H groups in total. The first-order valence-electron chi connectivity index (χ1n) is 8.06. The van der Waals surface area contributed by atoms with E-state index in [1.54, 1.807) is 29.6 Å². The number of anilines is 1. The standard InChI is InChI=1S/C18H15F2N3O3S2/c1-10-6-7-14(28-10)16(25)21-8-15(24)23-18-22-12(9-27-18)11-4-2-3-5-13(11)26-17(19)20/h2-7,9,17H,8H2,1H3,(H,21,25)(H,22,23,24). The van der Waals surface area contributed by atoms with E-state index in [-0.39, 0.29) is 23.3 Å². The average molecular weight is 423 g/mol. The van der Waals surface area contributed by atoms with Gasteiger partial charge in [-0.1, -0.05) is 12.1 Å². The van der Waals surface area contributed by atoms with Gasteiger partial charge in [0.1, 0.15) is 5.75 Å². The topological polar surface area (TPSA) is 80.3 Å². The van der Waals surface area contributed by atoms with Gasteiger partial charge in [0.05, 0.1) is 17.1 Å². The highest BCUT2D eigenvalue weighted by Crippen LogP contribution is 2.32. The molecule has 0 aliphatic heterocycles. The van der Waals surface area contributed by atoms with E-state index in [1.807, 2.05) is 13.0 Å². The Labute approximate surface area is 167 Å². The van der Waals surface area contributed by atoms with Gasteiger partial charge in [-0.25, -0.2) is 4.98 Å². The average Bonchev–Trinajstić information content (AvgIpc) is 3.29. The molecule has 6 nitrogen and oxygen atoms in total. The monoisotopic (exact) mass is 423 g/mol. The minimum absolute atomic E-state index is 0.000758. The maximum Gasteiger partial charge on any atom is 0.387 e. The molecule has 3 rings (SSSR count). The van der Waals surface area contributed by atoms with E-state index < -0.39 is 12.5 Å². The second-order valence-electron chi connectivity index (χ2n) is 5.55. The lowest BCUT2D eigenvalue weighted by atomic mass is 10.1. The Hall–Kier alpha value is -2.85. The molecule has 2 heterocycles. The van der Waals surface area contributed by atoms with Crippen molar-refractivity contribution in [3.05, 3.63) is 51.5 Å². The molecular weight excluding hydrogens is 408 g/mol. The molecule has 2 amide bonds. The van der Waals surface area contributed by atoms with Crippen LogP contribution in [0.4, 0.5) is 13.9 Å². The third-order valence-electron chi connectivity index (χ3n) is 3.50. The molecule has 3 aromatic rings. The molecule has 0 radical (unpaired) electrons. The van der Waals surface area contributed by atoms with Gasteiger partial charge in [0.25, 0.3) is 5.91 Å². The first-order chi connectivity index (χ1) is 13.4. The van der Waals surface area contributed by atoms with Crippen LogP contribution >= 0.6 is 22.7 Å². The van der Waals surface area contributed by atoms with Crippen LogP contribution in [0, 0.1) is 6.92 Å². The SMILES string of the molecule is Cc1ccc(C(=O)NCC(=O)Nc2nc(-c3ccccc3OC(F)F)cs2)s1. The number of nitrogens with one attached hydrogen (secondary N) is 2. The number of halogens is 2. The lowest BCUT2D eigenvalue weighted by Crippen LogP contribution is -2.32. The van der Waals surface area contributed by atoms with Gasteiger partial charge in [-0.3, -0.25) is 9.59 Å². The number of aromatic nitrogens is 1. The Balaban J connectivity index is 1.60.